The predicted molar refractivity (Wildman–Crippen MR) is 98.9 cm³/mol. The van der Waals surface area contributed by atoms with Crippen molar-refractivity contribution in [3.63, 3.8) is 0 Å². The van der Waals surface area contributed by atoms with Gasteiger partial charge in [0.2, 0.25) is 5.91 Å². The van der Waals surface area contributed by atoms with Crippen LogP contribution in [0.25, 0.3) is 0 Å². The van der Waals surface area contributed by atoms with Gasteiger partial charge >= 0.3 is 0 Å². The zero-order valence-electron chi connectivity index (χ0n) is 14.6. The fourth-order valence-corrected chi connectivity index (χ4v) is 2.70. The second-order valence-electron chi connectivity index (χ2n) is 5.83. The lowest BCUT2D eigenvalue weighted by molar-refractivity contribution is -0.385. The van der Waals surface area contributed by atoms with E-state index in [2.05, 4.69) is 23.2 Å². The number of likely N-dealkylation sites (N-methyl/N-ethyl adjacent to an activating group) is 1. The number of carbonyl (C=O) groups excluding carboxylic acids is 1. The zero-order chi connectivity index (χ0) is 18.2. The topological polar surface area (TPSA) is 75.5 Å². The second-order valence-corrected chi connectivity index (χ2v) is 5.83. The fourth-order valence-electron chi connectivity index (χ4n) is 2.70. The number of amides is 1. The minimum Gasteiger partial charge on any atom is -0.370 e. The number of para-hydroxylation sites is 1. The Hall–Kier alpha value is -2.89. The lowest BCUT2D eigenvalue weighted by Crippen LogP contribution is -2.35. The molecule has 2 aromatic rings. The van der Waals surface area contributed by atoms with Gasteiger partial charge in [-0.15, -0.1) is 0 Å². The van der Waals surface area contributed by atoms with Crippen molar-refractivity contribution in [1.29, 1.82) is 0 Å². The van der Waals surface area contributed by atoms with Crippen LogP contribution in [-0.2, 0) is 11.2 Å². The van der Waals surface area contributed by atoms with Gasteiger partial charge in [0, 0.05) is 37.0 Å². The van der Waals surface area contributed by atoms with E-state index in [1.807, 2.05) is 25.1 Å². The smallest absolute Gasteiger partial charge is 0.273 e. The van der Waals surface area contributed by atoms with Gasteiger partial charge in [-0.1, -0.05) is 30.3 Å². The van der Waals surface area contributed by atoms with Gasteiger partial charge in [0.05, 0.1) is 11.3 Å². The summed E-state index contributed by atoms with van der Waals surface area (Å²) in [5, 5.41) is 13.8. The van der Waals surface area contributed by atoms with Crippen LogP contribution < -0.4 is 10.2 Å². The summed E-state index contributed by atoms with van der Waals surface area (Å²) in [6, 6.07) is 14.5. The molecule has 0 atom stereocenters. The molecule has 0 aliphatic rings. The van der Waals surface area contributed by atoms with Crippen molar-refractivity contribution < 1.29 is 9.72 Å². The van der Waals surface area contributed by atoms with Crippen molar-refractivity contribution >= 4 is 17.3 Å². The number of nitrogens with one attached hydrogen (secondary N) is 1. The molecule has 2 rings (SSSR count). The van der Waals surface area contributed by atoms with Crippen LogP contribution in [0, 0.1) is 17.0 Å². The Labute approximate surface area is 147 Å². The summed E-state index contributed by atoms with van der Waals surface area (Å²) in [6.07, 6.45) is 0.00766. The molecule has 1 amide bonds. The van der Waals surface area contributed by atoms with Crippen LogP contribution in [0.4, 0.5) is 11.4 Å². The number of hydrogen-bond acceptors (Lipinski definition) is 4. The third-order valence-electron chi connectivity index (χ3n) is 3.99. The van der Waals surface area contributed by atoms with Gasteiger partial charge in [0.1, 0.15) is 0 Å². The van der Waals surface area contributed by atoms with E-state index in [1.54, 1.807) is 18.2 Å². The van der Waals surface area contributed by atoms with Gasteiger partial charge in [-0.05, 0) is 31.5 Å². The molecule has 132 valence electrons. The van der Waals surface area contributed by atoms with Gasteiger partial charge in [-0.2, -0.15) is 0 Å². The van der Waals surface area contributed by atoms with E-state index in [0.29, 0.717) is 18.7 Å². The number of nitro groups is 1. The molecule has 0 aromatic heterocycles. The first-order valence-corrected chi connectivity index (χ1v) is 8.32. The first-order chi connectivity index (χ1) is 12.0. The van der Waals surface area contributed by atoms with Gasteiger partial charge in [-0.25, -0.2) is 0 Å². The molecular formula is C19H23N3O3. The van der Waals surface area contributed by atoms with Crippen LogP contribution in [0.3, 0.4) is 0 Å². The molecule has 6 nitrogen and oxygen atoms in total. The average molecular weight is 341 g/mol. The summed E-state index contributed by atoms with van der Waals surface area (Å²) >= 11 is 0. The molecule has 0 unspecified atom stereocenters. The Morgan fingerprint density at radius 3 is 2.64 bits per heavy atom. The molecule has 0 bridgehead atoms. The van der Waals surface area contributed by atoms with Crippen LogP contribution in [0.2, 0.25) is 0 Å². The molecule has 1 N–H and O–H groups in total. The van der Waals surface area contributed by atoms with Gasteiger partial charge in [0.25, 0.3) is 5.69 Å². The Balaban J connectivity index is 1.89. The standard InChI is InChI=1S/C19H23N3O3/c1-3-21(17-9-6-7-15(2)13-17)12-11-20-19(23)14-16-8-4-5-10-18(16)22(24)25/h4-10,13H,3,11-12,14H2,1-2H3,(H,20,23). The molecule has 0 saturated carbocycles. The van der Waals surface area contributed by atoms with Crippen molar-refractivity contribution in [1.82, 2.24) is 5.32 Å². The molecule has 0 radical (unpaired) electrons. The molecular weight excluding hydrogens is 318 g/mol. The Morgan fingerprint density at radius 2 is 1.96 bits per heavy atom. The minimum atomic E-state index is -0.459. The second kappa shape index (κ2) is 8.82. The Kier molecular flexibility index (Phi) is 6.51. The highest BCUT2D eigenvalue weighted by Crippen LogP contribution is 2.18. The fraction of sp³-hybridized carbons (Fsp3) is 0.316. The summed E-state index contributed by atoms with van der Waals surface area (Å²) in [6.45, 7) is 6.12. The number of rotatable bonds is 8. The summed E-state index contributed by atoms with van der Waals surface area (Å²) in [5.74, 6) is -0.213. The average Bonchev–Trinajstić information content (AvgIpc) is 2.59. The van der Waals surface area contributed by atoms with Crippen LogP contribution in [0.1, 0.15) is 18.1 Å². The van der Waals surface area contributed by atoms with Crippen molar-refractivity contribution in [3.05, 3.63) is 69.8 Å². The van der Waals surface area contributed by atoms with E-state index in [4.69, 9.17) is 0 Å². The molecule has 2 aromatic carbocycles. The van der Waals surface area contributed by atoms with Crippen molar-refractivity contribution in [2.24, 2.45) is 0 Å². The number of nitrogens with zero attached hydrogens (tertiary/aromatic N) is 2. The maximum Gasteiger partial charge on any atom is 0.273 e. The maximum absolute atomic E-state index is 12.1. The van der Waals surface area contributed by atoms with Crippen LogP contribution in [0.15, 0.2) is 48.5 Å². The normalized spacial score (nSPS) is 10.3. The monoisotopic (exact) mass is 341 g/mol. The van der Waals surface area contributed by atoms with E-state index >= 15 is 0 Å². The van der Waals surface area contributed by atoms with Crippen molar-refractivity contribution in [2.45, 2.75) is 20.3 Å². The highest BCUT2D eigenvalue weighted by atomic mass is 16.6. The lowest BCUT2D eigenvalue weighted by Gasteiger charge is -2.23. The van der Waals surface area contributed by atoms with Gasteiger partial charge in [0.15, 0.2) is 0 Å². The van der Waals surface area contributed by atoms with Crippen LogP contribution in [0.5, 0.6) is 0 Å². The SMILES string of the molecule is CCN(CCNC(=O)Cc1ccccc1[N+](=O)[O-])c1cccc(C)c1. The van der Waals surface area contributed by atoms with E-state index in [0.717, 1.165) is 12.2 Å². The van der Waals surface area contributed by atoms with E-state index in [9.17, 15) is 14.9 Å². The first-order valence-electron chi connectivity index (χ1n) is 8.32. The Morgan fingerprint density at radius 1 is 1.20 bits per heavy atom. The quantitative estimate of drug-likeness (QED) is 0.591. The number of carbonyl (C=O) groups is 1. The highest BCUT2D eigenvalue weighted by Gasteiger charge is 2.15. The molecule has 0 spiro atoms. The number of nitro benzene ring substituents is 1. The zero-order valence-corrected chi connectivity index (χ0v) is 14.6. The van der Waals surface area contributed by atoms with E-state index < -0.39 is 4.92 Å². The highest BCUT2D eigenvalue weighted by molar-refractivity contribution is 5.79. The van der Waals surface area contributed by atoms with E-state index in [1.165, 1.54) is 11.6 Å². The molecule has 0 aliphatic carbocycles. The summed E-state index contributed by atoms with van der Waals surface area (Å²) in [7, 11) is 0. The summed E-state index contributed by atoms with van der Waals surface area (Å²) in [5.41, 5.74) is 2.72. The number of hydrogen-bond donors (Lipinski definition) is 1. The number of benzene rings is 2. The molecule has 0 heterocycles. The molecule has 0 saturated heterocycles. The van der Waals surface area contributed by atoms with Crippen LogP contribution >= 0.6 is 0 Å². The molecule has 0 aliphatic heterocycles. The van der Waals surface area contributed by atoms with Gasteiger partial charge < -0.3 is 10.2 Å². The number of aryl methyl sites for hydroxylation is 1. The molecule has 0 fully saturated rings. The Bertz CT molecular complexity index is 746. The van der Waals surface area contributed by atoms with E-state index in [-0.39, 0.29) is 18.0 Å². The lowest BCUT2D eigenvalue weighted by atomic mass is 10.1. The molecule has 6 heteroatoms. The third-order valence-corrected chi connectivity index (χ3v) is 3.99. The molecule has 25 heavy (non-hydrogen) atoms. The van der Waals surface area contributed by atoms with Crippen LogP contribution in [-0.4, -0.2) is 30.5 Å². The summed E-state index contributed by atoms with van der Waals surface area (Å²) < 4.78 is 0. The van der Waals surface area contributed by atoms with Crippen molar-refractivity contribution in [2.75, 3.05) is 24.5 Å². The third kappa shape index (κ3) is 5.31. The summed E-state index contributed by atoms with van der Waals surface area (Å²) in [4.78, 5) is 24.8. The predicted octanol–water partition coefficient (Wildman–Crippen LogP) is 3.09. The van der Waals surface area contributed by atoms with Crippen molar-refractivity contribution in [3.8, 4) is 0 Å². The largest absolute Gasteiger partial charge is 0.370 e. The minimum absolute atomic E-state index is 0.00766. The first kappa shape index (κ1) is 18.4. The van der Waals surface area contributed by atoms with Gasteiger partial charge in [-0.3, -0.25) is 14.9 Å². The maximum atomic E-state index is 12.1. The number of anilines is 1.